The molecule has 0 bridgehead atoms. The topological polar surface area (TPSA) is 17.8 Å². The molecule has 0 N–H and O–H groups in total. The number of aromatic nitrogens is 2. The number of fused-ring (bicyclic) bond motifs is 3. The maximum Gasteiger partial charge on any atom is 0.146 e. The van der Waals surface area contributed by atoms with E-state index < -0.39 is 0 Å². The minimum atomic E-state index is 0.927. The molecule has 53 heavy (non-hydrogen) atoms. The van der Waals surface area contributed by atoms with E-state index in [1.807, 2.05) is 0 Å². The van der Waals surface area contributed by atoms with Crippen molar-refractivity contribution in [1.29, 1.82) is 0 Å². The largest absolute Gasteiger partial charge is 0.292 e. The predicted molar refractivity (Wildman–Crippen MR) is 223 cm³/mol. The molecule has 0 amide bonds. The van der Waals surface area contributed by atoms with Gasteiger partial charge in [-0.2, -0.15) is 0 Å². The summed E-state index contributed by atoms with van der Waals surface area (Å²) in [4.78, 5) is 5.24. The van der Waals surface area contributed by atoms with Gasteiger partial charge in [-0.1, -0.05) is 182 Å². The first-order valence-corrected chi connectivity index (χ1v) is 18.1. The first-order chi connectivity index (χ1) is 26.3. The normalized spacial score (nSPS) is 11.4. The molecule has 248 valence electrons. The van der Waals surface area contributed by atoms with Gasteiger partial charge in [0.1, 0.15) is 5.82 Å². The Hall–Kier alpha value is -7.03. The fourth-order valence-corrected chi connectivity index (χ4v) is 8.09. The number of para-hydroxylation sites is 2. The number of hydrogen-bond donors (Lipinski definition) is 0. The van der Waals surface area contributed by atoms with Crippen molar-refractivity contribution in [3.63, 3.8) is 0 Å². The minimum absolute atomic E-state index is 0.927. The SMILES string of the molecule is c1ccc(-c2ccccc2-c2c3ccccc3c(-c3ccc(-n4c(-c5ccccc5-c5ccccc5)nc5ccccc54)cc3)c3ccccc23)cc1. The first kappa shape index (κ1) is 30.8. The summed E-state index contributed by atoms with van der Waals surface area (Å²) < 4.78 is 2.31. The lowest BCUT2D eigenvalue weighted by Crippen LogP contribution is -1.99. The molecule has 9 aromatic carbocycles. The van der Waals surface area contributed by atoms with Crippen LogP contribution in [0.4, 0.5) is 0 Å². The Kier molecular flexibility index (Phi) is 7.51. The van der Waals surface area contributed by atoms with Crippen LogP contribution < -0.4 is 0 Å². The maximum absolute atomic E-state index is 5.24. The van der Waals surface area contributed by atoms with Crippen molar-refractivity contribution in [3.8, 4) is 61.6 Å². The first-order valence-electron chi connectivity index (χ1n) is 18.1. The third-order valence-corrected chi connectivity index (χ3v) is 10.4. The highest BCUT2D eigenvalue weighted by Gasteiger charge is 2.20. The third kappa shape index (κ3) is 5.23. The van der Waals surface area contributed by atoms with Gasteiger partial charge in [-0.05, 0) is 90.3 Å². The van der Waals surface area contributed by atoms with Crippen LogP contribution in [0.25, 0.3) is 94.2 Å². The highest BCUT2D eigenvalue weighted by atomic mass is 15.1. The summed E-state index contributed by atoms with van der Waals surface area (Å²) in [6.45, 7) is 0. The molecule has 10 rings (SSSR count). The maximum atomic E-state index is 5.24. The highest BCUT2D eigenvalue weighted by Crippen LogP contribution is 2.46. The average Bonchev–Trinajstić information content (AvgIpc) is 3.63. The Morgan fingerprint density at radius 1 is 0.302 bits per heavy atom. The fourth-order valence-electron chi connectivity index (χ4n) is 8.09. The summed E-state index contributed by atoms with van der Waals surface area (Å²) in [6, 6.07) is 74.0. The zero-order valence-corrected chi connectivity index (χ0v) is 29.0. The number of nitrogens with zero attached hydrogens (tertiary/aromatic N) is 2. The smallest absolute Gasteiger partial charge is 0.146 e. The van der Waals surface area contributed by atoms with Gasteiger partial charge in [0.2, 0.25) is 0 Å². The van der Waals surface area contributed by atoms with Gasteiger partial charge in [-0.15, -0.1) is 0 Å². The molecule has 10 aromatic rings. The van der Waals surface area contributed by atoms with Crippen LogP contribution in [0.1, 0.15) is 0 Å². The van der Waals surface area contributed by atoms with E-state index in [1.165, 1.54) is 60.5 Å². The average molecular weight is 675 g/mol. The van der Waals surface area contributed by atoms with Crippen LogP contribution in [-0.2, 0) is 0 Å². The molecule has 2 nitrogen and oxygen atoms in total. The van der Waals surface area contributed by atoms with Gasteiger partial charge in [0.15, 0.2) is 0 Å². The van der Waals surface area contributed by atoms with E-state index in [0.29, 0.717) is 0 Å². The second-order valence-corrected chi connectivity index (χ2v) is 13.5. The molecule has 1 heterocycles. The van der Waals surface area contributed by atoms with E-state index >= 15 is 0 Å². The Labute approximate surface area is 308 Å². The van der Waals surface area contributed by atoms with Crippen molar-refractivity contribution in [1.82, 2.24) is 9.55 Å². The Balaban J connectivity index is 1.17. The van der Waals surface area contributed by atoms with E-state index in [1.54, 1.807) is 0 Å². The van der Waals surface area contributed by atoms with E-state index in [0.717, 1.165) is 33.7 Å². The summed E-state index contributed by atoms with van der Waals surface area (Å²) in [5, 5.41) is 4.97. The van der Waals surface area contributed by atoms with Gasteiger partial charge < -0.3 is 0 Å². The molecule has 1 aromatic heterocycles. The summed E-state index contributed by atoms with van der Waals surface area (Å²) in [6.07, 6.45) is 0. The predicted octanol–water partition coefficient (Wildman–Crippen LogP) is 13.7. The molecule has 0 atom stereocenters. The minimum Gasteiger partial charge on any atom is -0.292 e. The van der Waals surface area contributed by atoms with E-state index in [2.05, 4.69) is 211 Å². The van der Waals surface area contributed by atoms with E-state index in [-0.39, 0.29) is 0 Å². The summed E-state index contributed by atoms with van der Waals surface area (Å²) >= 11 is 0. The molecule has 0 saturated carbocycles. The zero-order chi connectivity index (χ0) is 35.1. The van der Waals surface area contributed by atoms with Crippen molar-refractivity contribution in [2.75, 3.05) is 0 Å². The lowest BCUT2D eigenvalue weighted by molar-refractivity contribution is 1.10. The summed E-state index contributed by atoms with van der Waals surface area (Å²) in [5.41, 5.74) is 13.9. The van der Waals surface area contributed by atoms with Crippen molar-refractivity contribution < 1.29 is 0 Å². The van der Waals surface area contributed by atoms with Gasteiger partial charge in [0, 0.05) is 11.3 Å². The second kappa shape index (κ2) is 12.9. The van der Waals surface area contributed by atoms with Crippen molar-refractivity contribution >= 4 is 32.6 Å². The molecule has 0 aliphatic carbocycles. The summed E-state index contributed by atoms with van der Waals surface area (Å²) in [5.74, 6) is 0.927. The molecule has 0 unspecified atom stereocenters. The van der Waals surface area contributed by atoms with Crippen molar-refractivity contribution in [3.05, 3.63) is 206 Å². The van der Waals surface area contributed by atoms with Crippen LogP contribution in [0.5, 0.6) is 0 Å². The van der Waals surface area contributed by atoms with Gasteiger partial charge in [-0.3, -0.25) is 4.57 Å². The van der Waals surface area contributed by atoms with Crippen LogP contribution in [0, 0.1) is 0 Å². The molecule has 0 fully saturated rings. The number of benzene rings is 9. The second-order valence-electron chi connectivity index (χ2n) is 13.5. The molecule has 0 spiro atoms. The highest BCUT2D eigenvalue weighted by molar-refractivity contribution is 6.22. The zero-order valence-electron chi connectivity index (χ0n) is 29.0. The van der Waals surface area contributed by atoms with Gasteiger partial charge >= 0.3 is 0 Å². The number of imidazole rings is 1. The molecule has 0 aliphatic rings. The fraction of sp³-hybridized carbons (Fsp3) is 0. The standard InChI is InChI=1S/C51H34N2/c1-3-17-35(18-4-1)39-21-7-9-23-41(39)50-44-26-12-10-24-42(44)49(43-25-11-13-27-45(43)50)37-31-33-38(34-32-37)53-48-30-16-15-29-47(48)52-51(53)46-28-14-8-22-40(46)36-19-5-2-6-20-36/h1-34H. The van der Waals surface area contributed by atoms with Crippen LogP contribution in [-0.4, -0.2) is 9.55 Å². The van der Waals surface area contributed by atoms with Crippen LogP contribution in [0.15, 0.2) is 206 Å². The third-order valence-electron chi connectivity index (χ3n) is 10.4. The van der Waals surface area contributed by atoms with Crippen LogP contribution >= 0.6 is 0 Å². The Bertz CT molecular complexity index is 2860. The quantitative estimate of drug-likeness (QED) is 0.161. The monoisotopic (exact) mass is 674 g/mol. The lowest BCUT2D eigenvalue weighted by atomic mass is 9.84. The molecular weight excluding hydrogens is 641 g/mol. The lowest BCUT2D eigenvalue weighted by Gasteiger charge is -2.20. The van der Waals surface area contributed by atoms with E-state index in [9.17, 15) is 0 Å². The Morgan fingerprint density at radius 3 is 1.32 bits per heavy atom. The number of hydrogen-bond acceptors (Lipinski definition) is 1. The van der Waals surface area contributed by atoms with Crippen molar-refractivity contribution in [2.24, 2.45) is 0 Å². The number of rotatable bonds is 6. The van der Waals surface area contributed by atoms with Gasteiger partial charge in [0.25, 0.3) is 0 Å². The molecule has 0 radical (unpaired) electrons. The Morgan fingerprint density at radius 2 is 0.736 bits per heavy atom. The van der Waals surface area contributed by atoms with E-state index in [4.69, 9.17) is 4.98 Å². The molecule has 0 aliphatic heterocycles. The van der Waals surface area contributed by atoms with Crippen LogP contribution in [0.2, 0.25) is 0 Å². The van der Waals surface area contributed by atoms with Gasteiger partial charge in [-0.25, -0.2) is 4.98 Å². The summed E-state index contributed by atoms with van der Waals surface area (Å²) in [7, 11) is 0. The van der Waals surface area contributed by atoms with Crippen LogP contribution in [0.3, 0.4) is 0 Å². The van der Waals surface area contributed by atoms with Crippen molar-refractivity contribution in [2.45, 2.75) is 0 Å². The molecule has 2 heteroatoms. The molecular formula is C51H34N2. The van der Waals surface area contributed by atoms with Gasteiger partial charge in [0.05, 0.1) is 11.0 Å². The molecule has 0 saturated heterocycles.